The van der Waals surface area contributed by atoms with Crippen molar-refractivity contribution >= 4 is 15.9 Å². The van der Waals surface area contributed by atoms with Crippen molar-refractivity contribution in [2.75, 3.05) is 20.2 Å². The molecule has 1 atom stereocenters. The molecule has 1 amide bonds. The molecule has 0 bridgehead atoms. The highest BCUT2D eigenvalue weighted by atomic mass is 32.2. The van der Waals surface area contributed by atoms with Gasteiger partial charge in [-0.2, -0.15) is 4.31 Å². The maximum absolute atomic E-state index is 13.1. The maximum atomic E-state index is 13.1. The summed E-state index contributed by atoms with van der Waals surface area (Å²) in [6.45, 7) is 3.13. The number of ether oxygens (including phenoxy) is 1. The van der Waals surface area contributed by atoms with E-state index in [2.05, 4.69) is 5.32 Å². The minimum atomic E-state index is -3.54. The van der Waals surface area contributed by atoms with E-state index >= 15 is 0 Å². The molecule has 35 heavy (non-hydrogen) atoms. The summed E-state index contributed by atoms with van der Waals surface area (Å²) >= 11 is 0. The number of carbonyl (C=O) groups is 1. The van der Waals surface area contributed by atoms with Gasteiger partial charge in [0.1, 0.15) is 5.75 Å². The van der Waals surface area contributed by atoms with E-state index in [1.165, 1.54) is 4.31 Å². The lowest BCUT2D eigenvalue weighted by Gasteiger charge is -2.20. The van der Waals surface area contributed by atoms with Crippen LogP contribution in [0.3, 0.4) is 0 Å². The predicted octanol–water partition coefficient (Wildman–Crippen LogP) is 4.63. The molecule has 0 saturated carbocycles. The Morgan fingerprint density at radius 3 is 2.29 bits per heavy atom. The SMILES string of the molecule is COc1ccc(S(=O)(=O)N2CCCC2)cc1CCC(=O)NC(c1ccccc1)c1ccc(C)cc1. The highest BCUT2D eigenvalue weighted by Crippen LogP contribution is 2.28. The molecule has 1 aliphatic rings. The van der Waals surface area contributed by atoms with Gasteiger partial charge >= 0.3 is 0 Å². The summed E-state index contributed by atoms with van der Waals surface area (Å²) in [6.07, 6.45) is 2.34. The second-order valence-corrected chi connectivity index (χ2v) is 10.8. The fourth-order valence-corrected chi connectivity index (χ4v) is 6.00. The molecule has 0 spiro atoms. The molecule has 1 fully saturated rings. The number of benzene rings is 3. The van der Waals surface area contributed by atoms with Gasteiger partial charge in [-0.25, -0.2) is 8.42 Å². The lowest BCUT2D eigenvalue weighted by molar-refractivity contribution is -0.121. The monoisotopic (exact) mass is 492 g/mol. The first kappa shape index (κ1) is 24.9. The third-order valence-corrected chi connectivity index (χ3v) is 8.32. The van der Waals surface area contributed by atoms with Gasteiger partial charge in [0.2, 0.25) is 15.9 Å². The normalized spacial score (nSPS) is 15.0. The smallest absolute Gasteiger partial charge is 0.243 e. The van der Waals surface area contributed by atoms with Crippen molar-refractivity contribution in [3.05, 3.63) is 95.1 Å². The molecular formula is C28H32N2O4S. The second kappa shape index (κ2) is 11.1. The highest BCUT2D eigenvalue weighted by Gasteiger charge is 2.28. The lowest BCUT2D eigenvalue weighted by atomic mass is 9.97. The van der Waals surface area contributed by atoms with Crippen LogP contribution in [0.1, 0.15) is 47.6 Å². The summed E-state index contributed by atoms with van der Waals surface area (Å²) in [5, 5.41) is 3.16. The average molecular weight is 493 g/mol. The van der Waals surface area contributed by atoms with Crippen LogP contribution >= 0.6 is 0 Å². The standard InChI is InChI=1S/C28H32N2O4S/c1-21-10-12-23(13-11-21)28(22-8-4-3-5-9-22)29-27(31)17-14-24-20-25(15-16-26(24)34-2)35(32,33)30-18-6-7-19-30/h3-5,8-13,15-16,20,28H,6-7,14,17-19H2,1-2H3,(H,29,31). The van der Waals surface area contributed by atoms with Crippen LogP contribution in [-0.2, 0) is 21.2 Å². The topological polar surface area (TPSA) is 75.7 Å². The Hall–Kier alpha value is -3.16. The van der Waals surface area contributed by atoms with Crippen molar-refractivity contribution in [2.24, 2.45) is 0 Å². The van der Waals surface area contributed by atoms with E-state index in [0.717, 1.165) is 29.5 Å². The van der Waals surface area contributed by atoms with Crippen molar-refractivity contribution in [1.29, 1.82) is 0 Å². The van der Waals surface area contributed by atoms with Crippen LogP contribution in [0.25, 0.3) is 0 Å². The zero-order valence-corrected chi connectivity index (χ0v) is 21.1. The summed E-state index contributed by atoms with van der Waals surface area (Å²) in [4.78, 5) is 13.3. The molecule has 184 valence electrons. The molecule has 3 aromatic rings. The Balaban J connectivity index is 1.51. The number of sulfonamides is 1. The summed E-state index contributed by atoms with van der Waals surface area (Å²) in [5.41, 5.74) is 3.87. The summed E-state index contributed by atoms with van der Waals surface area (Å²) in [6, 6.07) is 22.6. The number of methoxy groups -OCH3 is 1. The number of hydrogen-bond donors (Lipinski definition) is 1. The van der Waals surface area contributed by atoms with Gasteiger partial charge in [-0.15, -0.1) is 0 Å². The van der Waals surface area contributed by atoms with Crippen LogP contribution in [0.4, 0.5) is 0 Å². The molecule has 1 saturated heterocycles. The Kier molecular flexibility index (Phi) is 7.88. The third kappa shape index (κ3) is 5.92. The Morgan fingerprint density at radius 2 is 1.63 bits per heavy atom. The Labute approximate surface area is 208 Å². The van der Waals surface area contributed by atoms with Crippen LogP contribution < -0.4 is 10.1 Å². The number of hydrogen-bond acceptors (Lipinski definition) is 4. The fraction of sp³-hybridized carbons (Fsp3) is 0.321. The zero-order valence-electron chi connectivity index (χ0n) is 20.2. The Bertz CT molecular complexity index is 1250. The first-order valence-corrected chi connectivity index (χ1v) is 13.4. The second-order valence-electron chi connectivity index (χ2n) is 8.91. The molecule has 0 aliphatic carbocycles. The molecular weight excluding hydrogens is 460 g/mol. The summed E-state index contributed by atoms with van der Waals surface area (Å²) < 4.78 is 33.0. The molecule has 1 unspecified atom stereocenters. The van der Waals surface area contributed by atoms with E-state index in [4.69, 9.17) is 4.74 Å². The number of carbonyl (C=O) groups excluding carboxylic acids is 1. The molecule has 1 aliphatic heterocycles. The third-order valence-electron chi connectivity index (χ3n) is 6.42. The minimum absolute atomic E-state index is 0.116. The van der Waals surface area contributed by atoms with E-state index in [-0.39, 0.29) is 23.3 Å². The van der Waals surface area contributed by atoms with Crippen LogP contribution in [0, 0.1) is 6.92 Å². The fourth-order valence-electron chi connectivity index (χ4n) is 4.43. The number of nitrogens with one attached hydrogen (secondary N) is 1. The number of nitrogens with zero attached hydrogens (tertiary/aromatic N) is 1. The average Bonchev–Trinajstić information content (AvgIpc) is 3.43. The van der Waals surface area contributed by atoms with Crippen molar-refractivity contribution in [3.8, 4) is 5.75 Å². The van der Waals surface area contributed by atoms with Gasteiger partial charge in [-0.1, -0.05) is 60.2 Å². The first-order chi connectivity index (χ1) is 16.9. The van der Waals surface area contributed by atoms with Gasteiger partial charge < -0.3 is 10.1 Å². The predicted molar refractivity (Wildman–Crippen MR) is 137 cm³/mol. The van der Waals surface area contributed by atoms with E-state index in [9.17, 15) is 13.2 Å². The van der Waals surface area contributed by atoms with Crippen molar-refractivity contribution in [2.45, 2.75) is 43.5 Å². The van der Waals surface area contributed by atoms with Gasteiger partial charge in [-0.3, -0.25) is 4.79 Å². The van der Waals surface area contributed by atoms with Crippen LogP contribution in [-0.4, -0.2) is 38.8 Å². The molecule has 0 radical (unpaired) electrons. The molecule has 4 rings (SSSR count). The zero-order chi connectivity index (χ0) is 24.8. The lowest BCUT2D eigenvalue weighted by Crippen LogP contribution is -2.29. The van der Waals surface area contributed by atoms with E-state index < -0.39 is 10.0 Å². The number of aryl methyl sites for hydroxylation is 2. The molecule has 6 nitrogen and oxygen atoms in total. The molecule has 0 aromatic heterocycles. The number of rotatable bonds is 9. The van der Waals surface area contributed by atoms with Crippen LogP contribution in [0.2, 0.25) is 0 Å². The molecule has 1 N–H and O–H groups in total. The van der Waals surface area contributed by atoms with Gasteiger partial charge in [0.05, 0.1) is 18.0 Å². The van der Waals surface area contributed by atoms with Crippen LogP contribution in [0.15, 0.2) is 77.7 Å². The highest BCUT2D eigenvalue weighted by molar-refractivity contribution is 7.89. The quantitative estimate of drug-likeness (QED) is 0.473. The first-order valence-electron chi connectivity index (χ1n) is 12.0. The van der Waals surface area contributed by atoms with E-state index in [0.29, 0.717) is 30.8 Å². The minimum Gasteiger partial charge on any atom is -0.496 e. The van der Waals surface area contributed by atoms with E-state index in [1.807, 2.05) is 61.5 Å². The molecule has 3 aromatic carbocycles. The van der Waals surface area contributed by atoms with Crippen molar-refractivity contribution in [1.82, 2.24) is 9.62 Å². The van der Waals surface area contributed by atoms with Gasteiger partial charge in [0.15, 0.2) is 0 Å². The molecule has 1 heterocycles. The van der Waals surface area contributed by atoms with Gasteiger partial charge in [-0.05, 0) is 61.1 Å². The van der Waals surface area contributed by atoms with Gasteiger partial charge in [0, 0.05) is 19.5 Å². The summed E-state index contributed by atoms with van der Waals surface area (Å²) in [7, 11) is -1.99. The van der Waals surface area contributed by atoms with E-state index in [1.54, 1.807) is 25.3 Å². The van der Waals surface area contributed by atoms with Crippen molar-refractivity contribution < 1.29 is 17.9 Å². The molecule has 7 heteroatoms. The van der Waals surface area contributed by atoms with Gasteiger partial charge in [0.25, 0.3) is 0 Å². The van der Waals surface area contributed by atoms with Crippen LogP contribution in [0.5, 0.6) is 5.75 Å². The largest absolute Gasteiger partial charge is 0.496 e. The van der Waals surface area contributed by atoms with Crippen molar-refractivity contribution in [3.63, 3.8) is 0 Å². The Morgan fingerprint density at radius 1 is 0.971 bits per heavy atom. The maximum Gasteiger partial charge on any atom is 0.243 e. The summed E-state index contributed by atoms with van der Waals surface area (Å²) in [5.74, 6) is 0.464. The number of amides is 1.